The Labute approximate surface area is 118 Å². The fraction of sp³-hybridized carbons (Fsp3) is 0.462. The monoisotopic (exact) mass is 286 g/mol. The fourth-order valence-electron chi connectivity index (χ4n) is 1.67. The Morgan fingerprint density at radius 3 is 2.47 bits per heavy atom. The SMILES string of the molecule is COC(CC(C)(Nc1ccccc1Cl)C(N)=O)OC. The van der Waals surface area contributed by atoms with Gasteiger partial charge >= 0.3 is 0 Å². The summed E-state index contributed by atoms with van der Waals surface area (Å²) < 4.78 is 10.2. The van der Waals surface area contributed by atoms with Gasteiger partial charge in [0.2, 0.25) is 5.91 Å². The summed E-state index contributed by atoms with van der Waals surface area (Å²) in [6.45, 7) is 1.68. The van der Waals surface area contributed by atoms with Crippen molar-refractivity contribution < 1.29 is 14.3 Å². The van der Waals surface area contributed by atoms with Crippen molar-refractivity contribution in [2.75, 3.05) is 19.5 Å². The van der Waals surface area contributed by atoms with Gasteiger partial charge in [0.1, 0.15) is 5.54 Å². The summed E-state index contributed by atoms with van der Waals surface area (Å²) in [5.41, 5.74) is 5.08. The lowest BCUT2D eigenvalue weighted by molar-refractivity contribution is -0.134. The van der Waals surface area contributed by atoms with Gasteiger partial charge in [-0.15, -0.1) is 0 Å². The van der Waals surface area contributed by atoms with Crippen LogP contribution in [-0.4, -0.2) is 32.0 Å². The molecule has 1 unspecified atom stereocenters. The highest BCUT2D eigenvalue weighted by Gasteiger charge is 2.34. The maximum Gasteiger partial charge on any atom is 0.243 e. The number of nitrogens with two attached hydrogens (primary N) is 1. The molecule has 5 nitrogen and oxygen atoms in total. The largest absolute Gasteiger partial charge is 0.370 e. The van der Waals surface area contributed by atoms with Crippen molar-refractivity contribution in [3.05, 3.63) is 29.3 Å². The van der Waals surface area contributed by atoms with Crippen molar-refractivity contribution in [2.24, 2.45) is 5.73 Å². The molecular weight excluding hydrogens is 268 g/mol. The third-order valence-electron chi connectivity index (χ3n) is 2.93. The summed E-state index contributed by atoms with van der Waals surface area (Å²) in [6.07, 6.45) is -0.270. The summed E-state index contributed by atoms with van der Waals surface area (Å²) in [5.74, 6) is -0.508. The first kappa shape index (κ1) is 15.8. The van der Waals surface area contributed by atoms with Gasteiger partial charge in [-0.2, -0.15) is 0 Å². The molecule has 0 aliphatic heterocycles. The Balaban J connectivity index is 2.94. The molecule has 0 spiro atoms. The van der Waals surface area contributed by atoms with Gasteiger partial charge in [0.15, 0.2) is 6.29 Å². The zero-order valence-corrected chi connectivity index (χ0v) is 12.0. The molecule has 0 bridgehead atoms. The number of primary amides is 1. The molecule has 1 aromatic carbocycles. The van der Waals surface area contributed by atoms with Crippen LogP contribution in [0.2, 0.25) is 5.02 Å². The van der Waals surface area contributed by atoms with Crippen LogP contribution in [0.5, 0.6) is 0 Å². The smallest absolute Gasteiger partial charge is 0.243 e. The van der Waals surface area contributed by atoms with Gasteiger partial charge in [0.05, 0.1) is 10.7 Å². The minimum atomic E-state index is -1.03. The van der Waals surface area contributed by atoms with Crippen molar-refractivity contribution in [1.29, 1.82) is 0 Å². The summed E-state index contributed by atoms with van der Waals surface area (Å²) >= 11 is 6.06. The average molecular weight is 287 g/mol. The Hall–Kier alpha value is -1.30. The first-order valence-corrected chi connectivity index (χ1v) is 6.19. The van der Waals surface area contributed by atoms with Crippen LogP contribution in [0, 0.1) is 0 Å². The molecule has 0 aliphatic carbocycles. The number of benzene rings is 1. The van der Waals surface area contributed by atoms with E-state index in [1.54, 1.807) is 19.1 Å². The lowest BCUT2D eigenvalue weighted by Crippen LogP contribution is -2.50. The van der Waals surface area contributed by atoms with E-state index in [0.717, 1.165) is 0 Å². The van der Waals surface area contributed by atoms with Crippen LogP contribution >= 0.6 is 11.6 Å². The minimum Gasteiger partial charge on any atom is -0.370 e. The molecule has 1 rings (SSSR count). The van der Waals surface area contributed by atoms with Gasteiger partial charge in [-0.1, -0.05) is 23.7 Å². The number of nitrogens with one attached hydrogen (secondary N) is 1. The highest BCUT2D eigenvalue weighted by atomic mass is 35.5. The van der Waals surface area contributed by atoms with Gasteiger partial charge < -0.3 is 20.5 Å². The van der Waals surface area contributed by atoms with Crippen LogP contribution < -0.4 is 11.1 Å². The van der Waals surface area contributed by atoms with Crippen molar-refractivity contribution in [3.8, 4) is 0 Å². The Kier molecular flexibility index (Phi) is 5.60. The number of ether oxygens (including phenoxy) is 2. The second-order valence-electron chi connectivity index (χ2n) is 4.41. The van der Waals surface area contributed by atoms with Crippen molar-refractivity contribution in [2.45, 2.75) is 25.2 Å². The molecule has 0 heterocycles. The van der Waals surface area contributed by atoms with Crippen molar-refractivity contribution >= 4 is 23.2 Å². The third-order valence-corrected chi connectivity index (χ3v) is 3.26. The van der Waals surface area contributed by atoms with Gasteiger partial charge in [-0.05, 0) is 19.1 Å². The Morgan fingerprint density at radius 2 is 2.00 bits per heavy atom. The molecule has 1 amide bonds. The van der Waals surface area contributed by atoms with Gasteiger partial charge in [-0.25, -0.2) is 0 Å². The fourth-order valence-corrected chi connectivity index (χ4v) is 1.85. The van der Waals surface area contributed by atoms with Gasteiger partial charge in [0.25, 0.3) is 0 Å². The number of anilines is 1. The van der Waals surface area contributed by atoms with Crippen LogP contribution in [0.25, 0.3) is 0 Å². The van der Waals surface area contributed by atoms with Gasteiger partial charge in [-0.3, -0.25) is 4.79 Å². The van der Waals surface area contributed by atoms with Gasteiger partial charge in [0, 0.05) is 20.6 Å². The highest BCUT2D eigenvalue weighted by molar-refractivity contribution is 6.33. The number of hydrogen-bond donors (Lipinski definition) is 2. The maximum atomic E-state index is 11.7. The highest BCUT2D eigenvalue weighted by Crippen LogP contribution is 2.27. The van der Waals surface area contributed by atoms with Crippen LogP contribution in [0.1, 0.15) is 13.3 Å². The van der Waals surface area contributed by atoms with E-state index in [-0.39, 0.29) is 6.42 Å². The number of para-hydroxylation sites is 1. The predicted octanol–water partition coefficient (Wildman–Crippen LogP) is 2.00. The molecule has 0 saturated carbocycles. The molecule has 0 saturated heterocycles. The summed E-state index contributed by atoms with van der Waals surface area (Å²) in [5, 5.41) is 3.57. The zero-order valence-electron chi connectivity index (χ0n) is 11.3. The van der Waals surface area contributed by atoms with E-state index in [1.165, 1.54) is 14.2 Å². The van der Waals surface area contributed by atoms with E-state index in [2.05, 4.69) is 5.32 Å². The lowest BCUT2D eigenvalue weighted by atomic mass is 9.96. The lowest BCUT2D eigenvalue weighted by Gasteiger charge is -2.31. The van der Waals surface area contributed by atoms with E-state index < -0.39 is 17.7 Å². The molecule has 6 heteroatoms. The second-order valence-corrected chi connectivity index (χ2v) is 4.81. The molecule has 0 radical (unpaired) electrons. The van der Waals surface area contributed by atoms with Crippen LogP contribution in [0.15, 0.2) is 24.3 Å². The Morgan fingerprint density at radius 1 is 1.42 bits per heavy atom. The Bertz CT molecular complexity index is 438. The topological polar surface area (TPSA) is 73.6 Å². The molecule has 19 heavy (non-hydrogen) atoms. The first-order chi connectivity index (χ1) is 8.92. The van der Waals surface area contributed by atoms with Crippen molar-refractivity contribution in [3.63, 3.8) is 0 Å². The molecule has 1 atom stereocenters. The number of carbonyl (C=O) groups is 1. The number of methoxy groups -OCH3 is 2. The van der Waals surface area contributed by atoms with Crippen LogP contribution in [0.4, 0.5) is 5.69 Å². The van der Waals surface area contributed by atoms with E-state index in [1.807, 2.05) is 12.1 Å². The number of halogens is 1. The summed E-state index contributed by atoms with van der Waals surface area (Å²) in [7, 11) is 3.01. The second kappa shape index (κ2) is 6.75. The molecular formula is C13H19ClN2O3. The third kappa shape index (κ3) is 4.09. The van der Waals surface area contributed by atoms with E-state index in [9.17, 15) is 4.79 Å². The molecule has 1 aromatic rings. The number of hydrogen-bond acceptors (Lipinski definition) is 4. The van der Waals surface area contributed by atoms with Crippen molar-refractivity contribution in [1.82, 2.24) is 0 Å². The van der Waals surface area contributed by atoms with E-state index in [4.69, 9.17) is 26.8 Å². The minimum absolute atomic E-state index is 0.264. The molecule has 0 aromatic heterocycles. The zero-order chi connectivity index (χ0) is 14.5. The average Bonchev–Trinajstić information content (AvgIpc) is 2.38. The predicted molar refractivity (Wildman–Crippen MR) is 75.1 cm³/mol. The molecule has 0 aliphatic rings. The van der Waals surface area contributed by atoms with Crippen LogP contribution in [0.3, 0.4) is 0 Å². The standard InChI is InChI=1S/C13H19ClN2O3/c1-13(12(15)17,8-11(18-2)19-3)16-10-7-5-4-6-9(10)14/h4-7,11,16H,8H2,1-3H3,(H2,15,17). The molecule has 0 fully saturated rings. The number of amides is 1. The first-order valence-electron chi connectivity index (χ1n) is 5.81. The normalized spacial score (nSPS) is 14.2. The summed E-state index contributed by atoms with van der Waals surface area (Å²) in [6, 6.07) is 7.13. The van der Waals surface area contributed by atoms with E-state index in [0.29, 0.717) is 10.7 Å². The molecule has 3 N–H and O–H groups in total. The maximum absolute atomic E-state index is 11.7. The van der Waals surface area contributed by atoms with E-state index >= 15 is 0 Å². The summed E-state index contributed by atoms with van der Waals surface area (Å²) in [4.78, 5) is 11.7. The number of rotatable bonds is 7. The molecule has 106 valence electrons. The number of carbonyl (C=O) groups excluding carboxylic acids is 1. The quantitative estimate of drug-likeness (QED) is 0.752. The van der Waals surface area contributed by atoms with Crippen LogP contribution in [-0.2, 0) is 14.3 Å².